The maximum atomic E-state index is 10.9. The number of hydrogen-bond donors (Lipinski definition) is 2. The van der Waals surface area contributed by atoms with Crippen LogP contribution in [0.1, 0.15) is 15.4 Å². The van der Waals surface area contributed by atoms with Crippen molar-refractivity contribution in [2.24, 2.45) is 0 Å². The number of carboxylic acids is 1. The van der Waals surface area contributed by atoms with Gasteiger partial charge in [-0.15, -0.1) is 5.75 Å². The molecule has 0 fully saturated rings. The summed E-state index contributed by atoms with van der Waals surface area (Å²) in [6.07, 6.45) is 0. The van der Waals surface area contributed by atoms with Crippen molar-refractivity contribution in [3.05, 3.63) is 34.8 Å². The van der Waals surface area contributed by atoms with Crippen LogP contribution < -0.4 is 10.4 Å². The van der Waals surface area contributed by atoms with E-state index in [9.17, 15) is 9.90 Å². The van der Waals surface area contributed by atoms with Crippen molar-refractivity contribution in [2.75, 3.05) is 5.32 Å². The van der Waals surface area contributed by atoms with Gasteiger partial charge in [-0.2, -0.15) is 0 Å². The minimum atomic E-state index is -0.983. The predicted molar refractivity (Wildman–Crippen MR) is 63.0 cm³/mol. The van der Waals surface area contributed by atoms with Crippen LogP contribution >= 0.6 is 11.3 Å². The first-order valence-electron chi connectivity index (χ1n) is 4.81. The number of rotatable bonds is 3. The number of nitrogens with zero attached hydrogens (tertiary/aromatic N) is 1. The molecule has 2 aromatic rings. The molecule has 17 heavy (non-hydrogen) atoms. The Hall–Kier alpha value is -2.08. The van der Waals surface area contributed by atoms with E-state index < -0.39 is 5.97 Å². The van der Waals surface area contributed by atoms with Gasteiger partial charge in [-0.3, -0.25) is 0 Å². The van der Waals surface area contributed by atoms with Crippen LogP contribution in [0, 0.1) is 6.92 Å². The first-order valence-corrected chi connectivity index (χ1v) is 5.63. The summed E-state index contributed by atoms with van der Waals surface area (Å²) in [4.78, 5) is 15.1. The summed E-state index contributed by atoms with van der Waals surface area (Å²) in [6, 6.07) is 6.11. The summed E-state index contributed by atoms with van der Waals surface area (Å²) in [5, 5.41) is 23.2. The molecule has 0 aliphatic rings. The Balaban J connectivity index is 2.22. The zero-order valence-corrected chi connectivity index (χ0v) is 9.75. The molecule has 6 heteroatoms. The fourth-order valence-electron chi connectivity index (χ4n) is 1.31. The van der Waals surface area contributed by atoms with E-state index in [1.807, 2.05) is 0 Å². The van der Waals surface area contributed by atoms with Gasteiger partial charge >= 0.3 is 5.97 Å². The van der Waals surface area contributed by atoms with E-state index >= 15 is 0 Å². The molecule has 0 aliphatic carbocycles. The molecule has 1 heterocycles. The van der Waals surface area contributed by atoms with Crippen LogP contribution in [0.3, 0.4) is 0 Å². The Labute approximate surface area is 101 Å². The van der Waals surface area contributed by atoms with E-state index in [0.29, 0.717) is 16.5 Å². The Morgan fingerprint density at radius 2 is 2.06 bits per heavy atom. The van der Waals surface area contributed by atoms with Crippen LogP contribution in [0.25, 0.3) is 0 Å². The van der Waals surface area contributed by atoms with Gasteiger partial charge in [0, 0.05) is 5.69 Å². The largest absolute Gasteiger partial charge is 0.872 e. The van der Waals surface area contributed by atoms with E-state index in [2.05, 4.69) is 10.3 Å². The number of aromatic nitrogens is 1. The van der Waals surface area contributed by atoms with Gasteiger partial charge < -0.3 is 15.5 Å². The average Bonchev–Trinajstić information content (AvgIpc) is 2.63. The number of thiazole rings is 1. The molecule has 0 radical (unpaired) electrons. The summed E-state index contributed by atoms with van der Waals surface area (Å²) in [5.74, 6) is -1.06. The van der Waals surface area contributed by atoms with Gasteiger partial charge in [-0.25, -0.2) is 9.78 Å². The monoisotopic (exact) mass is 249 g/mol. The fraction of sp³-hybridized carbons (Fsp3) is 0.0909. The third kappa shape index (κ3) is 2.54. The minimum absolute atomic E-state index is 0.0721. The number of aryl methyl sites for hydroxylation is 1. The summed E-state index contributed by atoms with van der Waals surface area (Å²) in [5.41, 5.74) is 1.18. The molecule has 0 atom stereocenters. The lowest BCUT2D eigenvalue weighted by atomic mass is 10.3. The quantitative estimate of drug-likeness (QED) is 0.868. The number of anilines is 2. The topological polar surface area (TPSA) is 85.3 Å². The second-order valence-electron chi connectivity index (χ2n) is 3.39. The van der Waals surface area contributed by atoms with Crippen LogP contribution in [0.2, 0.25) is 0 Å². The summed E-state index contributed by atoms with van der Waals surface area (Å²) in [7, 11) is 0. The molecule has 0 saturated carbocycles. The SMILES string of the molecule is Cc1nc(Nc2ccc([O-])cc2)sc1C(=O)O. The number of carboxylic acid groups (broad SMARTS) is 1. The number of benzene rings is 1. The fourth-order valence-corrected chi connectivity index (χ4v) is 2.14. The molecule has 0 bridgehead atoms. The molecule has 88 valence electrons. The van der Waals surface area contributed by atoms with Crippen LogP contribution in [0.5, 0.6) is 5.75 Å². The first kappa shape index (κ1) is 11.4. The highest BCUT2D eigenvalue weighted by Crippen LogP contribution is 2.26. The number of carbonyl (C=O) groups is 1. The Morgan fingerprint density at radius 1 is 1.41 bits per heavy atom. The second kappa shape index (κ2) is 4.42. The van der Waals surface area contributed by atoms with E-state index in [1.165, 1.54) is 12.1 Å². The molecule has 1 aromatic heterocycles. The summed E-state index contributed by atoms with van der Waals surface area (Å²) >= 11 is 1.07. The van der Waals surface area contributed by atoms with Gasteiger partial charge in [0.15, 0.2) is 5.13 Å². The van der Waals surface area contributed by atoms with Crippen LogP contribution in [0.4, 0.5) is 10.8 Å². The van der Waals surface area contributed by atoms with Gasteiger partial charge in [-0.1, -0.05) is 23.5 Å². The number of nitrogens with one attached hydrogen (secondary N) is 1. The van der Waals surface area contributed by atoms with Crippen molar-refractivity contribution < 1.29 is 15.0 Å². The number of aromatic carboxylic acids is 1. The average molecular weight is 249 g/mol. The molecule has 1 aromatic carbocycles. The molecule has 0 unspecified atom stereocenters. The van der Waals surface area contributed by atoms with Crippen molar-refractivity contribution in [3.8, 4) is 5.75 Å². The maximum absolute atomic E-state index is 10.9. The number of hydrogen-bond acceptors (Lipinski definition) is 5. The van der Waals surface area contributed by atoms with Gasteiger partial charge in [0.2, 0.25) is 0 Å². The third-order valence-electron chi connectivity index (χ3n) is 2.10. The van der Waals surface area contributed by atoms with E-state index in [1.54, 1.807) is 19.1 Å². The Bertz CT molecular complexity index is 548. The molecule has 0 amide bonds. The molecule has 2 rings (SSSR count). The molecule has 5 nitrogen and oxygen atoms in total. The zero-order valence-electron chi connectivity index (χ0n) is 8.93. The third-order valence-corrected chi connectivity index (χ3v) is 3.16. The Morgan fingerprint density at radius 3 is 2.59 bits per heavy atom. The van der Waals surface area contributed by atoms with Gasteiger partial charge in [0.1, 0.15) is 4.88 Å². The smallest absolute Gasteiger partial charge is 0.347 e. The standard InChI is InChI=1S/C11H10N2O3S/c1-6-9(10(15)16)17-11(12-6)13-7-2-4-8(14)5-3-7/h2-5,14H,1H3,(H,12,13)(H,15,16)/p-1. The predicted octanol–water partition coefficient (Wildman–Crippen LogP) is 1.97. The van der Waals surface area contributed by atoms with E-state index in [0.717, 1.165) is 11.3 Å². The molecular weight excluding hydrogens is 240 g/mol. The highest BCUT2D eigenvalue weighted by Gasteiger charge is 2.13. The van der Waals surface area contributed by atoms with Crippen molar-refractivity contribution in [1.29, 1.82) is 0 Å². The zero-order chi connectivity index (χ0) is 12.4. The molecule has 0 aliphatic heterocycles. The summed E-state index contributed by atoms with van der Waals surface area (Å²) in [6.45, 7) is 1.64. The molecular formula is C11H9N2O3S-. The van der Waals surface area contributed by atoms with Crippen molar-refractivity contribution >= 4 is 28.1 Å². The van der Waals surface area contributed by atoms with Gasteiger partial charge in [-0.05, 0) is 19.1 Å². The molecule has 0 spiro atoms. The summed E-state index contributed by atoms with van der Waals surface area (Å²) < 4.78 is 0. The normalized spacial score (nSPS) is 10.2. The van der Waals surface area contributed by atoms with E-state index in [-0.39, 0.29) is 10.6 Å². The minimum Gasteiger partial charge on any atom is -0.872 e. The lowest BCUT2D eigenvalue weighted by Gasteiger charge is -2.06. The van der Waals surface area contributed by atoms with Crippen LogP contribution in [-0.2, 0) is 0 Å². The van der Waals surface area contributed by atoms with Crippen LogP contribution in [-0.4, -0.2) is 16.1 Å². The van der Waals surface area contributed by atoms with Gasteiger partial charge in [0.25, 0.3) is 0 Å². The van der Waals surface area contributed by atoms with Gasteiger partial charge in [0.05, 0.1) is 5.69 Å². The van der Waals surface area contributed by atoms with Crippen LogP contribution in [0.15, 0.2) is 24.3 Å². The first-order chi connectivity index (χ1) is 8.06. The maximum Gasteiger partial charge on any atom is 0.347 e. The van der Waals surface area contributed by atoms with Crippen molar-refractivity contribution in [2.45, 2.75) is 6.92 Å². The van der Waals surface area contributed by atoms with Crippen molar-refractivity contribution in [3.63, 3.8) is 0 Å². The lowest BCUT2D eigenvalue weighted by molar-refractivity contribution is -0.268. The Kier molecular flexibility index (Phi) is 2.97. The second-order valence-corrected chi connectivity index (χ2v) is 4.39. The highest BCUT2D eigenvalue weighted by atomic mass is 32.1. The van der Waals surface area contributed by atoms with E-state index in [4.69, 9.17) is 5.11 Å². The molecule has 0 saturated heterocycles. The molecule has 2 N–H and O–H groups in total. The van der Waals surface area contributed by atoms with Crippen molar-refractivity contribution in [1.82, 2.24) is 4.98 Å². The highest BCUT2D eigenvalue weighted by molar-refractivity contribution is 7.17. The lowest BCUT2D eigenvalue weighted by Crippen LogP contribution is -1.94.